The van der Waals surface area contributed by atoms with Crippen molar-refractivity contribution in [2.75, 3.05) is 20.6 Å². The van der Waals surface area contributed by atoms with Gasteiger partial charge in [-0.25, -0.2) is 0 Å². The maximum atomic E-state index is 12.8. The van der Waals surface area contributed by atoms with E-state index in [1.165, 1.54) is 0 Å². The number of hydrogen-bond acceptors (Lipinski definition) is 1. The van der Waals surface area contributed by atoms with E-state index in [0.717, 1.165) is 0 Å². The minimum Gasteiger partial charge on any atom is -0.309 e. The molecule has 0 N–H and O–H groups in total. The Bertz CT molecular complexity index is 447. The van der Waals surface area contributed by atoms with Gasteiger partial charge in [-0.3, -0.25) is 0 Å². The first-order chi connectivity index (χ1) is 9.01. The summed E-state index contributed by atoms with van der Waals surface area (Å²) in [4.78, 5) is 1.76. The van der Waals surface area contributed by atoms with Crippen LogP contribution in [0.4, 0.5) is 26.3 Å². The van der Waals surface area contributed by atoms with Crippen LogP contribution in [-0.4, -0.2) is 25.5 Å². The number of aryl methyl sites for hydroxylation is 1. The summed E-state index contributed by atoms with van der Waals surface area (Å²) in [5.74, 6) is 0. The molecule has 0 aromatic heterocycles. The van der Waals surface area contributed by atoms with Crippen LogP contribution < -0.4 is 0 Å². The molecule has 0 saturated heterocycles. The summed E-state index contributed by atoms with van der Waals surface area (Å²) in [6, 6.07) is 1.57. The maximum absolute atomic E-state index is 12.8. The van der Waals surface area contributed by atoms with Gasteiger partial charge in [0.15, 0.2) is 0 Å². The first-order valence-corrected chi connectivity index (χ1v) is 5.94. The molecule has 0 bridgehead atoms. The minimum atomic E-state index is -4.64. The van der Waals surface area contributed by atoms with Gasteiger partial charge in [-0.15, -0.1) is 0 Å². The quantitative estimate of drug-likeness (QED) is 0.752. The zero-order valence-electron chi connectivity index (χ0n) is 11.1. The highest BCUT2D eigenvalue weighted by Crippen LogP contribution is 2.36. The summed E-state index contributed by atoms with van der Waals surface area (Å²) in [6.45, 7) is 0.507. The normalized spacial score (nSPS) is 13.1. The lowest BCUT2D eigenvalue weighted by Crippen LogP contribution is -2.16. The lowest BCUT2D eigenvalue weighted by atomic mass is 9.99. The molecular formula is C13H15F6N. The second kappa shape index (κ2) is 6.03. The summed E-state index contributed by atoms with van der Waals surface area (Å²) >= 11 is 0. The van der Waals surface area contributed by atoms with Gasteiger partial charge in [0.25, 0.3) is 0 Å². The Kier molecular flexibility index (Phi) is 5.07. The van der Waals surface area contributed by atoms with Gasteiger partial charge in [-0.05, 0) is 57.2 Å². The number of rotatable bonds is 4. The fourth-order valence-corrected chi connectivity index (χ4v) is 1.84. The van der Waals surface area contributed by atoms with Gasteiger partial charge in [-0.1, -0.05) is 0 Å². The van der Waals surface area contributed by atoms with Crippen LogP contribution in [0.15, 0.2) is 18.2 Å². The summed E-state index contributed by atoms with van der Waals surface area (Å²) in [7, 11) is 3.49. The van der Waals surface area contributed by atoms with Crippen LogP contribution in [0.5, 0.6) is 0 Å². The zero-order chi connectivity index (χ0) is 15.6. The molecule has 0 heterocycles. The summed E-state index contributed by atoms with van der Waals surface area (Å²) in [6.07, 6.45) is -8.97. The molecule has 0 aliphatic carbocycles. The van der Waals surface area contributed by atoms with E-state index in [2.05, 4.69) is 0 Å². The van der Waals surface area contributed by atoms with E-state index in [9.17, 15) is 26.3 Å². The molecule has 0 unspecified atom stereocenters. The molecule has 0 radical (unpaired) electrons. The van der Waals surface area contributed by atoms with Crippen molar-refractivity contribution in [1.82, 2.24) is 4.90 Å². The lowest BCUT2D eigenvalue weighted by molar-refractivity contribution is -0.141. The highest BCUT2D eigenvalue weighted by molar-refractivity contribution is 5.35. The molecule has 7 heteroatoms. The SMILES string of the molecule is CN(C)CCCc1cc(C(F)(F)F)ccc1C(F)(F)F. The molecule has 1 aromatic rings. The standard InChI is InChI=1S/C13H15F6N/c1-20(2)7-3-4-9-8-10(12(14,15)16)5-6-11(9)13(17,18)19/h5-6,8H,3-4,7H2,1-2H3. The predicted molar refractivity (Wildman–Crippen MR) is 63.3 cm³/mol. The summed E-state index contributed by atoms with van der Waals surface area (Å²) in [5, 5.41) is 0. The monoisotopic (exact) mass is 299 g/mol. The average molecular weight is 299 g/mol. The molecule has 0 amide bonds. The predicted octanol–water partition coefficient (Wildman–Crippen LogP) is 4.22. The molecule has 0 fully saturated rings. The van der Waals surface area contributed by atoms with Crippen molar-refractivity contribution in [2.45, 2.75) is 25.2 Å². The third-order valence-corrected chi connectivity index (χ3v) is 2.79. The van der Waals surface area contributed by atoms with Crippen LogP contribution in [0, 0.1) is 0 Å². The Morgan fingerprint density at radius 2 is 1.55 bits per heavy atom. The number of halogens is 6. The number of hydrogen-bond donors (Lipinski definition) is 0. The number of nitrogens with zero attached hydrogens (tertiary/aromatic N) is 1. The fourth-order valence-electron chi connectivity index (χ4n) is 1.84. The molecule has 1 aromatic carbocycles. The Labute approximate surface area is 113 Å². The Morgan fingerprint density at radius 3 is 2.00 bits per heavy atom. The molecule has 0 aliphatic heterocycles. The van der Waals surface area contributed by atoms with Gasteiger partial charge >= 0.3 is 12.4 Å². The number of benzene rings is 1. The average Bonchev–Trinajstić information content (AvgIpc) is 2.25. The molecule has 0 aliphatic rings. The van der Waals surface area contributed by atoms with Gasteiger partial charge in [0.05, 0.1) is 11.1 Å². The Hall–Kier alpha value is -1.24. The van der Waals surface area contributed by atoms with Crippen molar-refractivity contribution in [3.05, 3.63) is 34.9 Å². The van der Waals surface area contributed by atoms with Crippen molar-refractivity contribution in [3.8, 4) is 0 Å². The van der Waals surface area contributed by atoms with E-state index in [1.807, 2.05) is 0 Å². The van der Waals surface area contributed by atoms with Gasteiger partial charge in [0.1, 0.15) is 0 Å². The van der Waals surface area contributed by atoms with Crippen molar-refractivity contribution in [3.63, 3.8) is 0 Å². The second-order valence-corrected chi connectivity index (χ2v) is 4.77. The van der Waals surface area contributed by atoms with Crippen molar-refractivity contribution in [1.29, 1.82) is 0 Å². The maximum Gasteiger partial charge on any atom is 0.416 e. The largest absolute Gasteiger partial charge is 0.416 e. The van der Waals surface area contributed by atoms with Gasteiger partial charge in [0.2, 0.25) is 0 Å². The van der Waals surface area contributed by atoms with Crippen molar-refractivity contribution < 1.29 is 26.3 Å². The molecule has 1 nitrogen and oxygen atoms in total. The third kappa shape index (κ3) is 4.70. The van der Waals surface area contributed by atoms with E-state index in [0.29, 0.717) is 31.2 Å². The molecule has 0 atom stereocenters. The van der Waals surface area contributed by atoms with Gasteiger partial charge < -0.3 is 4.90 Å². The van der Waals surface area contributed by atoms with Crippen molar-refractivity contribution in [2.24, 2.45) is 0 Å². The molecule has 0 saturated carbocycles. The van der Waals surface area contributed by atoms with E-state index in [-0.39, 0.29) is 12.0 Å². The smallest absolute Gasteiger partial charge is 0.309 e. The fraction of sp³-hybridized carbons (Fsp3) is 0.538. The second-order valence-electron chi connectivity index (χ2n) is 4.77. The van der Waals surface area contributed by atoms with E-state index in [1.54, 1.807) is 19.0 Å². The number of alkyl halides is 6. The molecule has 20 heavy (non-hydrogen) atoms. The molecule has 114 valence electrons. The molecule has 0 spiro atoms. The van der Waals surface area contributed by atoms with Gasteiger partial charge in [0, 0.05) is 0 Å². The minimum absolute atomic E-state index is 0.0447. The summed E-state index contributed by atoms with van der Waals surface area (Å²) < 4.78 is 76.0. The third-order valence-electron chi connectivity index (χ3n) is 2.79. The van der Waals surface area contributed by atoms with Crippen molar-refractivity contribution >= 4 is 0 Å². The summed E-state index contributed by atoms with van der Waals surface area (Å²) in [5.41, 5.74) is -2.36. The first kappa shape index (κ1) is 16.8. The molecular weight excluding hydrogens is 284 g/mol. The van der Waals surface area contributed by atoms with Crippen LogP contribution in [0.1, 0.15) is 23.1 Å². The van der Waals surface area contributed by atoms with E-state index < -0.39 is 23.5 Å². The van der Waals surface area contributed by atoms with Crippen LogP contribution in [0.2, 0.25) is 0 Å². The van der Waals surface area contributed by atoms with Crippen LogP contribution >= 0.6 is 0 Å². The van der Waals surface area contributed by atoms with Crippen LogP contribution in [-0.2, 0) is 18.8 Å². The Balaban J connectivity index is 3.07. The zero-order valence-corrected chi connectivity index (χ0v) is 11.1. The lowest BCUT2D eigenvalue weighted by Gasteiger charge is -2.16. The van der Waals surface area contributed by atoms with Gasteiger partial charge in [-0.2, -0.15) is 26.3 Å². The Morgan fingerprint density at radius 1 is 0.950 bits per heavy atom. The first-order valence-electron chi connectivity index (χ1n) is 5.94. The van der Waals surface area contributed by atoms with Crippen LogP contribution in [0.25, 0.3) is 0 Å². The van der Waals surface area contributed by atoms with E-state index in [4.69, 9.17) is 0 Å². The highest BCUT2D eigenvalue weighted by Gasteiger charge is 2.36. The van der Waals surface area contributed by atoms with E-state index >= 15 is 0 Å². The molecule has 1 rings (SSSR count). The highest BCUT2D eigenvalue weighted by atomic mass is 19.4. The van der Waals surface area contributed by atoms with Crippen LogP contribution in [0.3, 0.4) is 0 Å². The topological polar surface area (TPSA) is 3.24 Å².